The van der Waals surface area contributed by atoms with Crippen molar-refractivity contribution < 1.29 is 18.0 Å². The molecule has 0 bridgehead atoms. The van der Waals surface area contributed by atoms with Gasteiger partial charge in [0.15, 0.2) is 0 Å². The molecule has 0 spiro atoms. The fourth-order valence-corrected chi connectivity index (χ4v) is 2.68. The van der Waals surface area contributed by atoms with Crippen LogP contribution in [0.3, 0.4) is 0 Å². The third-order valence-corrected chi connectivity index (χ3v) is 3.70. The number of hydrogen-bond donors (Lipinski definition) is 0. The summed E-state index contributed by atoms with van der Waals surface area (Å²) in [5, 5.41) is 0.751. The number of carbonyl (C=O) groups is 1. The number of aryl methyl sites for hydroxylation is 2. The highest BCUT2D eigenvalue weighted by Gasteiger charge is 2.43. The second-order valence-corrected chi connectivity index (χ2v) is 5.43. The molecule has 2 rings (SSSR count). The summed E-state index contributed by atoms with van der Waals surface area (Å²) in [6.45, 7) is 3.47. The number of hydrogen-bond acceptors (Lipinski definition) is 3. The number of halogens is 3. The van der Waals surface area contributed by atoms with Crippen LogP contribution in [-0.4, -0.2) is 29.0 Å². The molecule has 0 atom stereocenters. The average molecular weight is 288 g/mol. The van der Waals surface area contributed by atoms with Gasteiger partial charge in [-0.3, -0.25) is 4.79 Å². The summed E-state index contributed by atoms with van der Waals surface area (Å²) in [5.41, 5.74) is -0.619. The van der Waals surface area contributed by atoms with Crippen molar-refractivity contribution in [2.24, 2.45) is 0 Å². The molecule has 0 aliphatic carbocycles. The van der Waals surface area contributed by atoms with Gasteiger partial charge in [0.2, 0.25) is 0 Å². The number of amides is 1. The minimum absolute atomic E-state index is 0.332. The highest BCUT2D eigenvalue weighted by molar-refractivity contribution is 7.12. The molecule has 0 unspecified atom stereocenters. The van der Waals surface area contributed by atoms with Gasteiger partial charge in [-0.05, 0) is 19.9 Å². The Morgan fingerprint density at radius 1 is 1.37 bits per heavy atom. The number of nitrogens with zero attached hydrogens (tertiary/aromatic N) is 2. The van der Waals surface area contributed by atoms with Gasteiger partial charge in [0.1, 0.15) is 0 Å². The van der Waals surface area contributed by atoms with E-state index in [1.165, 1.54) is 24.5 Å². The maximum Gasteiger partial charge on any atom is 0.418 e. The van der Waals surface area contributed by atoms with Crippen molar-refractivity contribution in [1.82, 2.24) is 9.88 Å². The third kappa shape index (κ3) is 2.56. The maximum absolute atomic E-state index is 12.9. The van der Waals surface area contributed by atoms with Crippen molar-refractivity contribution in [3.8, 4) is 0 Å². The SMILES string of the molecule is Cc1nc(C)c(/C=C2\C(=O)N(C)C=C2C(F)(F)F)s1. The van der Waals surface area contributed by atoms with Crippen LogP contribution in [-0.2, 0) is 4.79 Å². The van der Waals surface area contributed by atoms with Crippen LogP contribution >= 0.6 is 11.3 Å². The van der Waals surface area contributed by atoms with Crippen molar-refractivity contribution in [3.63, 3.8) is 0 Å². The van der Waals surface area contributed by atoms with Crippen molar-refractivity contribution in [1.29, 1.82) is 0 Å². The molecule has 1 amide bonds. The first-order chi connectivity index (χ1) is 8.70. The van der Waals surface area contributed by atoms with Crippen LogP contribution in [0.4, 0.5) is 13.2 Å². The molecule has 0 saturated carbocycles. The van der Waals surface area contributed by atoms with Crippen LogP contribution in [0.25, 0.3) is 6.08 Å². The molecule has 1 aliphatic heterocycles. The van der Waals surface area contributed by atoms with E-state index in [2.05, 4.69) is 4.98 Å². The minimum atomic E-state index is -4.54. The Morgan fingerprint density at radius 2 is 2.00 bits per heavy atom. The minimum Gasteiger partial charge on any atom is -0.317 e. The number of likely N-dealkylation sites (N-methyl/N-ethyl adjacent to an activating group) is 1. The van der Waals surface area contributed by atoms with E-state index >= 15 is 0 Å². The lowest BCUT2D eigenvalue weighted by atomic mass is 10.1. The van der Waals surface area contributed by atoms with Gasteiger partial charge in [-0.25, -0.2) is 4.98 Å². The summed E-state index contributed by atoms with van der Waals surface area (Å²) in [6, 6.07) is 0. The largest absolute Gasteiger partial charge is 0.418 e. The smallest absolute Gasteiger partial charge is 0.317 e. The molecule has 0 aromatic carbocycles. The van der Waals surface area contributed by atoms with Crippen molar-refractivity contribution in [2.45, 2.75) is 20.0 Å². The Morgan fingerprint density at radius 3 is 2.47 bits per heavy atom. The summed E-state index contributed by atoms with van der Waals surface area (Å²) in [7, 11) is 1.31. The van der Waals surface area contributed by atoms with Gasteiger partial charge < -0.3 is 4.90 Å². The van der Waals surface area contributed by atoms with Crippen LogP contribution in [0.1, 0.15) is 15.6 Å². The lowest BCUT2D eigenvalue weighted by Crippen LogP contribution is -2.18. The van der Waals surface area contributed by atoms with E-state index in [1.807, 2.05) is 0 Å². The third-order valence-electron chi connectivity index (χ3n) is 2.68. The molecule has 19 heavy (non-hydrogen) atoms. The molecule has 1 aromatic rings. The molecule has 3 nitrogen and oxygen atoms in total. The summed E-state index contributed by atoms with van der Waals surface area (Å²) < 4.78 is 38.6. The van der Waals surface area contributed by atoms with E-state index in [0.29, 0.717) is 10.6 Å². The zero-order valence-electron chi connectivity index (χ0n) is 10.5. The Balaban J connectivity index is 2.50. The highest BCUT2D eigenvalue weighted by atomic mass is 32.1. The van der Waals surface area contributed by atoms with Gasteiger partial charge in [-0.1, -0.05) is 0 Å². The molecular weight excluding hydrogens is 277 g/mol. The Kier molecular flexibility index (Phi) is 3.25. The van der Waals surface area contributed by atoms with Gasteiger partial charge in [0.25, 0.3) is 5.91 Å². The molecule has 1 aliphatic rings. The van der Waals surface area contributed by atoms with E-state index in [9.17, 15) is 18.0 Å². The zero-order valence-corrected chi connectivity index (χ0v) is 11.3. The summed E-state index contributed by atoms with van der Waals surface area (Å²) in [5.74, 6) is -0.655. The second-order valence-electron chi connectivity index (χ2n) is 4.20. The number of rotatable bonds is 1. The van der Waals surface area contributed by atoms with E-state index in [1.54, 1.807) is 13.8 Å². The summed E-state index contributed by atoms with van der Waals surface area (Å²) in [6.07, 6.45) is -2.46. The van der Waals surface area contributed by atoms with E-state index in [-0.39, 0.29) is 5.57 Å². The normalized spacial score (nSPS) is 18.4. The summed E-state index contributed by atoms with van der Waals surface area (Å²) >= 11 is 1.26. The first-order valence-corrected chi connectivity index (χ1v) is 6.24. The molecule has 0 saturated heterocycles. The van der Waals surface area contributed by atoms with Crippen LogP contribution in [0.2, 0.25) is 0 Å². The lowest BCUT2D eigenvalue weighted by molar-refractivity contribution is -0.123. The topological polar surface area (TPSA) is 33.2 Å². The van der Waals surface area contributed by atoms with E-state index < -0.39 is 17.7 Å². The predicted molar refractivity (Wildman–Crippen MR) is 66.5 cm³/mol. The molecular formula is C12H11F3N2OS. The maximum atomic E-state index is 12.9. The summed E-state index contributed by atoms with van der Waals surface area (Å²) in [4.78, 5) is 17.4. The van der Waals surface area contributed by atoms with Crippen molar-refractivity contribution in [2.75, 3.05) is 7.05 Å². The molecule has 2 heterocycles. The van der Waals surface area contributed by atoms with Crippen molar-refractivity contribution in [3.05, 3.63) is 32.9 Å². The first-order valence-electron chi connectivity index (χ1n) is 5.42. The second kappa shape index (κ2) is 4.48. The predicted octanol–water partition coefficient (Wildman–Crippen LogP) is 3.06. The Labute approximate surface area is 112 Å². The monoisotopic (exact) mass is 288 g/mol. The van der Waals surface area contributed by atoms with Gasteiger partial charge in [0.05, 0.1) is 26.7 Å². The van der Waals surface area contributed by atoms with Gasteiger partial charge in [0, 0.05) is 13.2 Å². The first kappa shape index (κ1) is 13.8. The molecule has 0 radical (unpaired) electrons. The van der Waals surface area contributed by atoms with Gasteiger partial charge >= 0.3 is 6.18 Å². The fourth-order valence-electron chi connectivity index (χ4n) is 1.80. The van der Waals surface area contributed by atoms with Crippen LogP contribution in [0.5, 0.6) is 0 Å². The Hall–Kier alpha value is -1.63. The molecule has 102 valence electrons. The Bertz CT molecular complexity index is 599. The van der Waals surface area contributed by atoms with E-state index in [0.717, 1.165) is 16.1 Å². The molecule has 0 fully saturated rings. The highest BCUT2D eigenvalue weighted by Crippen LogP contribution is 2.37. The molecule has 1 aromatic heterocycles. The van der Waals surface area contributed by atoms with Crippen molar-refractivity contribution >= 4 is 23.3 Å². The number of thiazole rings is 1. The molecule has 0 N–H and O–H groups in total. The number of carbonyl (C=O) groups excluding carboxylic acids is 1. The standard InChI is InChI=1S/C12H11F3N2OS/c1-6-10(19-7(2)16-6)4-8-9(12(13,14)15)5-17(3)11(8)18/h4-5H,1-3H3/b8-4-. The quantitative estimate of drug-likeness (QED) is 0.744. The average Bonchev–Trinajstić information content (AvgIpc) is 2.72. The van der Waals surface area contributed by atoms with Gasteiger partial charge in [-0.2, -0.15) is 13.2 Å². The van der Waals surface area contributed by atoms with Crippen LogP contribution < -0.4 is 0 Å². The van der Waals surface area contributed by atoms with Gasteiger partial charge in [-0.15, -0.1) is 11.3 Å². The zero-order chi connectivity index (χ0) is 14.4. The van der Waals surface area contributed by atoms with Crippen LogP contribution in [0, 0.1) is 13.8 Å². The number of aromatic nitrogens is 1. The molecule has 7 heteroatoms. The van der Waals surface area contributed by atoms with E-state index in [4.69, 9.17) is 0 Å². The number of alkyl halides is 3. The lowest BCUT2D eigenvalue weighted by Gasteiger charge is -2.07. The fraction of sp³-hybridized carbons (Fsp3) is 0.333. The van der Waals surface area contributed by atoms with Crippen LogP contribution in [0.15, 0.2) is 17.3 Å².